The number of hydrogen-bond acceptors (Lipinski definition) is 0. The predicted octanol–water partition coefficient (Wildman–Crippen LogP) is 10.1. The fourth-order valence-corrected chi connectivity index (χ4v) is 5.56. The summed E-state index contributed by atoms with van der Waals surface area (Å²) in [5, 5.41) is 7.83. The molecule has 0 spiro atoms. The van der Waals surface area contributed by atoms with Crippen molar-refractivity contribution in [2.45, 2.75) is 0 Å². The van der Waals surface area contributed by atoms with Crippen LogP contribution in [0.15, 0.2) is 146 Å². The van der Waals surface area contributed by atoms with E-state index >= 15 is 0 Å². The topological polar surface area (TPSA) is 0 Å². The molecular weight excluding hydrogens is 432 g/mol. The van der Waals surface area contributed by atoms with Crippen molar-refractivity contribution >= 4 is 32.3 Å². The lowest BCUT2D eigenvalue weighted by Crippen LogP contribution is -1.88. The Morgan fingerprint density at radius 1 is 0.222 bits per heavy atom. The van der Waals surface area contributed by atoms with Crippen LogP contribution in [-0.4, -0.2) is 0 Å². The average molecular weight is 457 g/mol. The van der Waals surface area contributed by atoms with Crippen LogP contribution >= 0.6 is 0 Å². The smallest absolute Gasteiger partial charge is 0.00928 e. The molecule has 0 amide bonds. The Kier molecular flexibility index (Phi) is 4.89. The Balaban J connectivity index is 1.45. The first-order valence-electron chi connectivity index (χ1n) is 12.5. The molecule has 0 heteroatoms. The van der Waals surface area contributed by atoms with Crippen molar-refractivity contribution in [1.82, 2.24) is 0 Å². The van der Waals surface area contributed by atoms with Gasteiger partial charge in [0.05, 0.1) is 0 Å². The van der Waals surface area contributed by atoms with Crippen molar-refractivity contribution in [2.75, 3.05) is 0 Å². The number of rotatable bonds is 3. The van der Waals surface area contributed by atoms with E-state index in [1.807, 2.05) is 0 Å². The van der Waals surface area contributed by atoms with Crippen LogP contribution in [0, 0.1) is 0 Å². The molecule has 0 saturated heterocycles. The average Bonchev–Trinajstić information content (AvgIpc) is 2.97. The lowest BCUT2D eigenvalue weighted by molar-refractivity contribution is 1.58. The highest BCUT2D eigenvalue weighted by Gasteiger charge is 2.12. The first-order chi connectivity index (χ1) is 17.9. The molecule has 0 aromatic heterocycles. The maximum absolute atomic E-state index is 2.38. The van der Waals surface area contributed by atoms with Crippen LogP contribution in [-0.2, 0) is 0 Å². The first kappa shape index (κ1) is 20.7. The zero-order chi connectivity index (χ0) is 23.9. The number of hydrogen-bond donors (Lipinski definition) is 0. The summed E-state index contributed by atoms with van der Waals surface area (Å²) in [4.78, 5) is 0. The normalized spacial score (nSPS) is 11.3. The van der Waals surface area contributed by atoms with Crippen molar-refractivity contribution < 1.29 is 0 Å². The molecule has 7 rings (SSSR count). The van der Waals surface area contributed by atoms with Crippen LogP contribution in [0.1, 0.15) is 0 Å². The van der Waals surface area contributed by atoms with E-state index < -0.39 is 0 Å². The third kappa shape index (κ3) is 3.39. The van der Waals surface area contributed by atoms with E-state index in [2.05, 4.69) is 146 Å². The molecule has 0 aliphatic heterocycles. The summed E-state index contributed by atoms with van der Waals surface area (Å²) in [6.45, 7) is 0. The van der Waals surface area contributed by atoms with Crippen molar-refractivity contribution in [2.24, 2.45) is 0 Å². The van der Waals surface area contributed by atoms with E-state index in [9.17, 15) is 0 Å². The largest absolute Gasteiger partial charge is 0.0622 e. The van der Waals surface area contributed by atoms with E-state index in [-0.39, 0.29) is 0 Å². The molecule has 0 fully saturated rings. The molecule has 0 aliphatic rings. The fraction of sp³-hybridized carbons (Fsp3) is 0. The van der Waals surface area contributed by atoms with E-state index in [0.717, 1.165) is 0 Å². The summed E-state index contributed by atoms with van der Waals surface area (Å²) >= 11 is 0. The molecule has 0 radical (unpaired) electrons. The highest BCUT2D eigenvalue weighted by Crippen LogP contribution is 2.39. The third-order valence-corrected chi connectivity index (χ3v) is 7.26. The molecule has 0 saturated carbocycles. The molecule has 168 valence electrons. The van der Waals surface area contributed by atoms with Gasteiger partial charge >= 0.3 is 0 Å². The molecule has 0 aliphatic carbocycles. The van der Waals surface area contributed by atoms with Crippen molar-refractivity contribution in [3.05, 3.63) is 146 Å². The van der Waals surface area contributed by atoms with Gasteiger partial charge in [-0.3, -0.25) is 0 Å². The van der Waals surface area contributed by atoms with Gasteiger partial charge in [0.2, 0.25) is 0 Å². The molecule has 7 aromatic carbocycles. The van der Waals surface area contributed by atoms with Crippen LogP contribution in [0.5, 0.6) is 0 Å². The molecule has 0 N–H and O–H groups in total. The third-order valence-electron chi connectivity index (χ3n) is 7.26. The van der Waals surface area contributed by atoms with Gasteiger partial charge in [0.25, 0.3) is 0 Å². The van der Waals surface area contributed by atoms with Crippen LogP contribution < -0.4 is 0 Å². The Morgan fingerprint density at radius 2 is 0.667 bits per heavy atom. The van der Waals surface area contributed by atoms with Crippen molar-refractivity contribution in [3.8, 4) is 33.4 Å². The SMILES string of the molecule is c1ccc(-c2cccc(-c3ccccc3-c3ccc4c5ccccc5c5ccccc5c4c3)c2)cc1. The molecule has 0 unspecified atom stereocenters. The summed E-state index contributed by atoms with van der Waals surface area (Å²) in [6, 6.07) is 52.7. The highest BCUT2D eigenvalue weighted by atomic mass is 14.2. The summed E-state index contributed by atoms with van der Waals surface area (Å²) < 4.78 is 0. The fourth-order valence-electron chi connectivity index (χ4n) is 5.56. The Labute approximate surface area is 211 Å². The minimum Gasteiger partial charge on any atom is -0.0622 e. The second kappa shape index (κ2) is 8.52. The number of benzene rings is 7. The minimum absolute atomic E-state index is 1.23. The molecule has 7 aromatic rings. The first-order valence-corrected chi connectivity index (χ1v) is 12.5. The zero-order valence-electron chi connectivity index (χ0n) is 19.9. The van der Waals surface area contributed by atoms with Gasteiger partial charge in [-0.25, -0.2) is 0 Å². The Morgan fingerprint density at radius 3 is 1.31 bits per heavy atom. The standard InChI is InChI=1S/C36H24/c1-2-11-25(12-3-1)26-13-10-14-27(23-26)29-15-4-5-16-30(29)28-21-22-35-33-19-7-6-17-31(33)32-18-8-9-20-34(32)36(35)24-28/h1-24H. The van der Waals surface area contributed by atoms with E-state index in [0.29, 0.717) is 0 Å². The summed E-state index contributed by atoms with van der Waals surface area (Å²) in [5.41, 5.74) is 7.44. The van der Waals surface area contributed by atoms with Gasteiger partial charge in [-0.05, 0) is 77.8 Å². The lowest BCUT2D eigenvalue weighted by atomic mass is 9.89. The monoisotopic (exact) mass is 456 g/mol. The maximum Gasteiger partial charge on any atom is -0.00928 e. The zero-order valence-corrected chi connectivity index (χ0v) is 19.9. The van der Waals surface area contributed by atoms with Gasteiger partial charge in [-0.15, -0.1) is 0 Å². The predicted molar refractivity (Wildman–Crippen MR) is 155 cm³/mol. The second-order valence-electron chi connectivity index (χ2n) is 9.34. The quantitative estimate of drug-likeness (QED) is 0.232. The van der Waals surface area contributed by atoms with Gasteiger partial charge in [0.15, 0.2) is 0 Å². The summed E-state index contributed by atoms with van der Waals surface area (Å²) in [7, 11) is 0. The van der Waals surface area contributed by atoms with Crippen molar-refractivity contribution in [1.29, 1.82) is 0 Å². The number of fused-ring (bicyclic) bond motifs is 6. The van der Waals surface area contributed by atoms with Gasteiger partial charge in [-0.2, -0.15) is 0 Å². The highest BCUT2D eigenvalue weighted by molar-refractivity contribution is 6.25. The molecule has 0 nitrogen and oxygen atoms in total. The maximum atomic E-state index is 2.38. The lowest BCUT2D eigenvalue weighted by Gasteiger charge is -2.15. The van der Waals surface area contributed by atoms with E-state index in [1.165, 1.54) is 65.7 Å². The molecule has 0 atom stereocenters. The van der Waals surface area contributed by atoms with Gasteiger partial charge in [-0.1, -0.05) is 133 Å². The van der Waals surface area contributed by atoms with Crippen LogP contribution in [0.2, 0.25) is 0 Å². The van der Waals surface area contributed by atoms with E-state index in [1.54, 1.807) is 0 Å². The van der Waals surface area contributed by atoms with Gasteiger partial charge < -0.3 is 0 Å². The molecule has 36 heavy (non-hydrogen) atoms. The second-order valence-corrected chi connectivity index (χ2v) is 9.34. The molecule has 0 heterocycles. The van der Waals surface area contributed by atoms with Crippen molar-refractivity contribution in [3.63, 3.8) is 0 Å². The Bertz CT molecular complexity index is 1840. The van der Waals surface area contributed by atoms with Crippen LogP contribution in [0.25, 0.3) is 65.7 Å². The van der Waals surface area contributed by atoms with Crippen LogP contribution in [0.4, 0.5) is 0 Å². The van der Waals surface area contributed by atoms with E-state index in [4.69, 9.17) is 0 Å². The summed E-state index contributed by atoms with van der Waals surface area (Å²) in [5.74, 6) is 0. The molecular formula is C36H24. The van der Waals surface area contributed by atoms with Gasteiger partial charge in [0, 0.05) is 0 Å². The van der Waals surface area contributed by atoms with Gasteiger partial charge in [0.1, 0.15) is 0 Å². The summed E-state index contributed by atoms with van der Waals surface area (Å²) in [6.07, 6.45) is 0. The Hall–Kier alpha value is -4.68. The minimum atomic E-state index is 1.23. The van der Waals surface area contributed by atoms with Crippen LogP contribution in [0.3, 0.4) is 0 Å². The molecule has 0 bridgehead atoms.